The molecular formula is C10H22N2O3. The summed E-state index contributed by atoms with van der Waals surface area (Å²) < 4.78 is 10.5. The number of nitrogens with one attached hydrogen (secondary N) is 1. The van der Waals surface area contributed by atoms with Gasteiger partial charge < -0.3 is 20.5 Å². The van der Waals surface area contributed by atoms with Gasteiger partial charge in [-0.25, -0.2) is 0 Å². The maximum absolute atomic E-state index is 11.4. The van der Waals surface area contributed by atoms with Crippen LogP contribution >= 0.6 is 0 Å². The van der Waals surface area contributed by atoms with Gasteiger partial charge in [-0.15, -0.1) is 0 Å². The lowest BCUT2D eigenvalue weighted by Crippen LogP contribution is -2.51. The second kappa shape index (κ2) is 6.76. The Morgan fingerprint density at radius 1 is 1.33 bits per heavy atom. The second-order valence-corrected chi connectivity index (χ2v) is 3.77. The molecule has 0 aromatic heterocycles. The van der Waals surface area contributed by atoms with E-state index in [1.165, 1.54) is 0 Å². The molecule has 0 aromatic rings. The van der Waals surface area contributed by atoms with Crippen molar-refractivity contribution in [3.05, 3.63) is 0 Å². The minimum Gasteiger partial charge on any atom is -0.351 e. The number of hydrogen-bond donors (Lipinski definition) is 2. The lowest BCUT2D eigenvalue weighted by atomic mass is 10.1. The molecule has 0 fully saturated rings. The highest BCUT2D eigenvalue weighted by Gasteiger charge is 2.22. The van der Waals surface area contributed by atoms with Gasteiger partial charge in [0, 0.05) is 13.2 Å². The lowest BCUT2D eigenvalue weighted by Gasteiger charge is -2.21. The molecule has 0 spiro atoms. The highest BCUT2D eigenvalue weighted by molar-refractivity contribution is 5.84. The third-order valence-electron chi connectivity index (χ3n) is 1.72. The van der Waals surface area contributed by atoms with E-state index in [2.05, 4.69) is 5.32 Å². The predicted octanol–water partition coefficient (Wildman–Crippen LogP) is 0.239. The molecule has 1 amide bonds. The van der Waals surface area contributed by atoms with Gasteiger partial charge in [0.2, 0.25) is 5.91 Å². The summed E-state index contributed by atoms with van der Waals surface area (Å²) in [5, 5.41) is 2.68. The van der Waals surface area contributed by atoms with Gasteiger partial charge in [-0.3, -0.25) is 4.79 Å². The standard InChI is InChI=1S/C10H22N2O3/c1-5-14-8(15-6-2)7-12-9(13)10(3,4)11/h8H,5-7,11H2,1-4H3,(H,12,13). The molecule has 0 aromatic carbocycles. The monoisotopic (exact) mass is 218 g/mol. The van der Waals surface area contributed by atoms with Crippen molar-refractivity contribution < 1.29 is 14.3 Å². The topological polar surface area (TPSA) is 73.6 Å². The largest absolute Gasteiger partial charge is 0.351 e. The van der Waals surface area contributed by atoms with E-state index in [9.17, 15) is 4.79 Å². The number of ether oxygens (including phenoxy) is 2. The molecular weight excluding hydrogens is 196 g/mol. The van der Waals surface area contributed by atoms with Crippen LogP contribution in [0.25, 0.3) is 0 Å². The fourth-order valence-corrected chi connectivity index (χ4v) is 0.942. The minimum atomic E-state index is -0.872. The fraction of sp³-hybridized carbons (Fsp3) is 0.900. The molecule has 5 heteroatoms. The SMILES string of the molecule is CCOC(CNC(=O)C(C)(C)N)OCC. The van der Waals surface area contributed by atoms with Gasteiger partial charge >= 0.3 is 0 Å². The van der Waals surface area contributed by atoms with Crippen LogP contribution in [-0.2, 0) is 14.3 Å². The zero-order valence-electron chi connectivity index (χ0n) is 10.0. The highest BCUT2D eigenvalue weighted by atomic mass is 16.7. The summed E-state index contributed by atoms with van der Waals surface area (Å²) in [5.74, 6) is -0.216. The Labute approximate surface area is 91.3 Å². The molecule has 0 heterocycles. The van der Waals surface area contributed by atoms with Crippen molar-refractivity contribution in [3.8, 4) is 0 Å². The lowest BCUT2D eigenvalue weighted by molar-refractivity contribution is -0.142. The summed E-state index contributed by atoms with van der Waals surface area (Å²) in [5.41, 5.74) is 4.75. The second-order valence-electron chi connectivity index (χ2n) is 3.77. The molecule has 0 aliphatic carbocycles. The zero-order chi connectivity index (χ0) is 11.9. The maximum Gasteiger partial charge on any atom is 0.239 e. The van der Waals surface area contributed by atoms with Gasteiger partial charge in [-0.1, -0.05) is 0 Å². The van der Waals surface area contributed by atoms with Crippen molar-refractivity contribution in [3.63, 3.8) is 0 Å². The number of carbonyl (C=O) groups excluding carboxylic acids is 1. The number of carbonyl (C=O) groups is 1. The van der Waals surface area contributed by atoms with E-state index in [4.69, 9.17) is 15.2 Å². The summed E-state index contributed by atoms with van der Waals surface area (Å²) in [6.07, 6.45) is -0.397. The van der Waals surface area contributed by atoms with Crippen LogP contribution < -0.4 is 11.1 Å². The van der Waals surface area contributed by atoms with E-state index < -0.39 is 11.8 Å². The zero-order valence-corrected chi connectivity index (χ0v) is 10.0. The van der Waals surface area contributed by atoms with Crippen LogP contribution in [0.3, 0.4) is 0 Å². The van der Waals surface area contributed by atoms with Gasteiger partial charge in [0.05, 0.1) is 12.1 Å². The van der Waals surface area contributed by atoms with E-state index in [0.29, 0.717) is 19.8 Å². The van der Waals surface area contributed by atoms with Gasteiger partial charge in [-0.05, 0) is 27.7 Å². The van der Waals surface area contributed by atoms with Gasteiger partial charge in [0.15, 0.2) is 6.29 Å². The molecule has 0 unspecified atom stereocenters. The molecule has 0 aliphatic rings. The van der Waals surface area contributed by atoms with Crippen LogP contribution in [-0.4, -0.2) is 37.5 Å². The average Bonchev–Trinajstić information content (AvgIpc) is 2.12. The number of amides is 1. The van der Waals surface area contributed by atoms with E-state index in [0.717, 1.165) is 0 Å². The first-order chi connectivity index (χ1) is 6.91. The van der Waals surface area contributed by atoms with Crippen molar-refractivity contribution in [2.24, 2.45) is 5.73 Å². The first kappa shape index (κ1) is 14.3. The van der Waals surface area contributed by atoms with Crippen molar-refractivity contribution in [1.29, 1.82) is 0 Å². The van der Waals surface area contributed by atoms with Crippen molar-refractivity contribution >= 4 is 5.91 Å². The molecule has 0 bridgehead atoms. The quantitative estimate of drug-likeness (QED) is 0.600. The van der Waals surface area contributed by atoms with E-state index in [-0.39, 0.29) is 5.91 Å². The van der Waals surface area contributed by atoms with Crippen LogP contribution in [0.2, 0.25) is 0 Å². The minimum absolute atomic E-state index is 0.216. The van der Waals surface area contributed by atoms with Crippen molar-refractivity contribution in [1.82, 2.24) is 5.32 Å². The van der Waals surface area contributed by atoms with E-state index >= 15 is 0 Å². The first-order valence-corrected chi connectivity index (χ1v) is 5.22. The Morgan fingerprint density at radius 2 is 1.80 bits per heavy atom. The molecule has 15 heavy (non-hydrogen) atoms. The Hall–Kier alpha value is -0.650. The number of nitrogens with two attached hydrogens (primary N) is 1. The van der Waals surface area contributed by atoms with E-state index in [1.54, 1.807) is 13.8 Å². The summed E-state index contributed by atoms with van der Waals surface area (Å²) in [4.78, 5) is 11.4. The summed E-state index contributed by atoms with van der Waals surface area (Å²) in [7, 11) is 0. The molecule has 3 N–H and O–H groups in total. The van der Waals surface area contributed by atoms with Crippen LogP contribution in [0.4, 0.5) is 0 Å². The Balaban J connectivity index is 3.93. The van der Waals surface area contributed by atoms with Crippen LogP contribution in [0.15, 0.2) is 0 Å². The summed E-state index contributed by atoms with van der Waals surface area (Å²) in [6.45, 7) is 8.47. The molecule has 90 valence electrons. The van der Waals surface area contributed by atoms with Gasteiger partial charge in [0.1, 0.15) is 0 Å². The maximum atomic E-state index is 11.4. The number of hydrogen-bond acceptors (Lipinski definition) is 4. The van der Waals surface area contributed by atoms with Crippen molar-refractivity contribution in [2.45, 2.75) is 39.5 Å². The highest BCUT2D eigenvalue weighted by Crippen LogP contribution is 1.98. The van der Waals surface area contributed by atoms with Crippen LogP contribution in [0.1, 0.15) is 27.7 Å². The van der Waals surface area contributed by atoms with Crippen LogP contribution in [0.5, 0.6) is 0 Å². The Kier molecular flexibility index (Phi) is 6.47. The average molecular weight is 218 g/mol. The Morgan fingerprint density at radius 3 is 2.13 bits per heavy atom. The van der Waals surface area contributed by atoms with Gasteiger partial charge in [-0.2, -0.15) is 0 Å². The molecule has 0 saturated carbocycles. The fourth-order valence-electron chi connectivity index (χ4n) is 0.942. The predicted molar refractivity (Wildman–Crippen MR) is 58.3 cm³/mol. The summed E-state index contributed by atoms with van der Waals surface area (Å²) in [6, 6.07) is 0. The summed E-state index contributed by atoms with van der Waals surface area (Å²) >= 11 is 0. The molecule has 5 nitrogen and oxygen atoms in total. The molecule has 0 atom stereocenters. The molecule has 0 radical (unpaired) electrons. The normalized spacial score (nSPS) is 11.9. The smallest absolute Gasteiger partial charge is 0.239 e. The van der Waals surface area contributed by atoms with E-state index in [1.807, 2.05) is 13.8 Å². The molecule has 0 saturated heterocycles. The van der Waals surface area contributed by atoms with Crippen LogP contribution in [0, 0.1) is 0 Å². The molecule has 0 aliphatic heterocycles. The molecule has 0 rings (SSSR count). The third kappa shape index (κ3) is 6.43. The number of rotatable bonds is 7. The third-order valence-corrected chi connectivity index (χ3v) is 1.72. The Bertz CT molecular complexity index is 184. The first-order valence-electron chi connectivity index (χ1n) is 5.22. The van der Waals surface area contributed by atoms with Crippen molar-refractivity contribution in [2.75, 3.05) is 19.8 Å². The van der Waals surface area contributed by atoms with Gasteiger partial charge in [0.25, 0.3) is 0 Å².